The molecule has 0 aliphatic carbocycles. The van der Waals surface area contributed by atoms with Crippen molar-refractivity contribution in [1.29, 1.82) is 0 Å². The first-order valence-electron chi connectivity index (χ1n) is 8.21. The first-order chi connectivity index (χ1) is 12.3. The molecule has 0 radical (unpaired) electrons. The fourth-order valence-electron chi connectivity index (χ4n) is 3.51. The molecular formula is C20H15FN2OS. The Morgan fingerprint density at radius 3 is 2.60 bits per heavy atom. The maximum absolute atomic E-state index is 14.4. The zero-order valence-electron chi connectivity index (χ0n) is 13.3. The first-order valence-corrected chi connectivity index (χ1v) is 9.09. The zero-order valence-corrected chi connectivity index (χ0v) is 14.1. The average Bonchev–Trinajstić information content (AvgIpc) is 3.31. The molecule has 3 aromatic rings. The van der Waals surface area contributed by atoms with E-state index in [0.717, 1.165) is 28.3 Å². The third-order valence-electron chi connectivity index (χ3n) is 4.68. The molecule has 3 nitrogen and oxygen atoms in total. The predicted octanol–water partition coefficient (Wildman–Crippen LogP) is 5.13. The van der Waals surface area contributed by atoms with E-state index in [2.05, 4.69) is 12.1 Å². The molecule has 0 saturated heterocycles. The van der Waals surface area contributed by atoms with Gasteiger partial charge in [-0.05, 0) is 23.6 Å². The minimum Gasteiger partial charge on any atom is -0.464 e. The predicted molar refractivity (Wildman–Crippen MR) is 96.3 cm³/mol. The molecule has 0 N–H and O–H groups in total. The highest BCUT2D eigenvalue weighted by Gasteiger charge is 2.41. The summed E-state index contributed by atoms with van der Waals surface area (Å²) in [6, 6.07) is 18.9. The smallest absolute Gasteiger partial charge is 0.216 e. The van der Waals surface area contributed by atoms with Crippen LogP contribution in [0.5, 0.6) is 5.75 Å². The summed E-state index contributed by atoms with van der Waals surface area (Å²) in [5, 5.41) is 8.78. The second kappa shape index (κ2) is 5.70. The molecule has 2 atom stereocenters. The third kappa shape index (κ3) is 2.35. The van der Waals surface area contributed by atoms with Crippen LogP contribution in [0.15, 0.2) is 71.1 Å². The molecule has 0 amide bonds. The summed E-state index contributed by atoms with van der Waals surface area (Å²) < 4.78 is 20.6. The highest BCUT2D eigenvalue weighted by atomic mass is 32.1. The van der Waals surface area contributed by atoms with E-state index in [1.54, 1.807) is 23.5 Å². The Hall–Kier alpha value is -2.66. The summed E-state index contributed by atoms with van der Waals surface area (Å²) in [5.74, 6) is 0.532. The highest BCUT2D eigenvalue weighted by molar-refractivity contribution is 7.12. The highest BCUT2D eigenvalue weighted by Crippen LogP contribution is 2.47. The van der Waals surface area contributed by atoms with Gasteiger partial charge in [0.15, 0.2) is 0 Å². The van der Waals surface area contributed by atoms with Gasteiger partial charge in [0, 0.05) is 12.0 Å². The Balaban J connectivity index is 1.63. The van der Waals surface area contributed by atoms with Gasteiger partial charge in [-0.1, -0.05) is 42.5 Å². The number of thiophene rings is 1. The maximum atomic E-state index is 14.4. The Kier molecular flexibility index (Phi) is 3.35. The van der Waals surface area contributed by atoms with Crippen molar-refractivity contribution in [2.45, 2.75) is 18.7 Å². The minimum atomic E-state index is -0.557. The monoisotopic (exact) mass is 350 g/mol. The van der Waals surface area contributed by atoms with Gasteiger partial charge < -0.3 is 4.74 Å². The van der Waals surface area contributed by atoms with Crippen LogP contribution in [0.25, 0.3) is 0 Å². The molecule has 0 bridgehead atoms. The molecule has 1 aromatic heterocycles. The van der Waals surface area contributed by atoms with Crippen LogP contribution < -0.4 is 4.74 Å². The molecule has 124 valence electrons. The Morgan fingerprint density at radius 2 is 1.80 bits per heavy atom. The Labute approximate surface area is 149 Å². The molecule has 5 heteroatoms. The number of halogens is 1. The lowest BCUT2D eigenvalue weighted by Gasteiger charge is -2.38. The number of hydrogen-bond acceptors (Lipinski definition) is 4. The molecule has 0 spiro atoms. The van der Waals surface area contributed by atoms with E-state index in [9.17, 15) is 4.39 Å². The van der Waals surface area contributed by atoms with Crippen molar-refractivity contribution in [3.05, 3.63) is 87.9 Å². The summed E-state index contributed by atoms with van der Waals surface area (Å²) in [4.78, 5) is 1.15. The van der Waals surface area contributed by atoms with Crippen molar-refractivity contribution < 1.29 is 9.13 Å². The van der Waals surface area contributed by atoms with Gasteiger partial charge in [-0.25, -0.2) is 9.40 Å². The summed E-state index contributed by atoms with van der Waals surface area (Å²) in [5.41, 5.74) is 2.64. The molecule has 2 aliphatic rings. The second-order valence-electron chi connectivity index (χ2n) is 6.15. The van der Waals surface area contributed by atoms with E-state index in [1.165, 1.54) is 6.07 Å². The molecule has 0 saturated carbocycles. The van der Waals surface area contributed by atoms with Gasteiger partial charge in [0.25, 0.3) is 0 Å². The normalized spacial score (nSPS) is 21.3. The number of ether oxygens (including phenoxy) is 1. The van der Waals surface area contributed by atoms with Gasteiger partial charge in [-0.15, -0.1) is 11.3 Å². The van der Waals surface area contributed by atoms with Gasteiger partial charge in [0.2, 0.25) is 6.23 Å². The zero-order chi connectivity index (χ0) is 16.8. The second-order valence-corrected chi connectivity index (χ2v) is 7.10. The third-order valence-corrected chi connectivity index (χ3v) is 5.59. The average molecular weight is 350 g/mol. The Morgan fingerprint density at radius 1 is 1.00 bits per heavy atom. The van der Waals surface area contributed by atoms with Crippen molar-refractivity contribution in [1.82, 2.24) is 5.01 Å². The molecule has 2 aromatic carbocycles. The van der Waals surface area contributed by atoms with Gasteiger partial charge >= 0.3 is 0 Å². The van der Waals surface area contributed by atoms with Gasteiger partial charge in [0.1, 0.15) is 11.6 Å². The fourth-order valence-corrected chi connectivity index (χ4v) is 4.23. The van der Waals surface area contributed by atoms with Crippen LogP contribution in [0.1, 0.15) is 34.7 Å². The lowest BCUT2D eigenvalue weighted by Crippen LogP contribution is -2.34. The first kappa shape index (κ1) is 14.7. The number of nitrogens with zero attached hydrogens (tertiary/aromatic N) is 2. The number of para-hydroxylation sites is 1. The van der Waals surface area contributed by atoms with Crippen LogP contribution in [0.3, 0.4) is 0 Å². The van der Waals surface area contributed by atoms with Crippen molar-refractivity contribution >= 4 is 17.0 Å². The van der Waals surface area contributed by atoms with Crippen LogP contribution in [0.2, 0.25) is 0 Å². The molecular weight excluding hydrogens is 335 g/mol. The number of benzene rings is 2. The van der Waals surface area contributed by atoms with Gasteiger partial charge in [-0.3, -0.25) is 0 Å². The summed E-state index contributed by atoms with van der Waals surface area (Å²) in [7, 11) is 0. The van der Waals surface area contributed by atoms with Crippen LogP contribution in [-0.2, 0) is 0 Å². The number of rotatable bonds is 2. The SMILES string of the molecule is Fc1ccccc1C1Oc2ccccc2C2CC(c3cccs3)=NN21. The van der Waals surface area contributed by atoms with Crippen LogP contribution >= 0.6 is 11.3 Å². The number of hydrogen-bond donors (Lipinski definition) is 0. The lowest BCUT2D eigenvalue weighted by atomic mass is 9.97. The lowest BCUT2D eigenvalue weighted by molar-refractivity contribution is -0.0212. The topological polar surface area (TPSA) is 24.8 Å². The van der Waals surface area contributed by atoms with E-state index < -0.39 is 6.23 Å². The maximum Gasteiger partial charge on any atom is 0.216 e. The molecule has 2 unspecified atom stereocenters. The molecule has 3 heterocycles. The van der Waals surface area contributed by atoms with Gasteiger partial charge in [0.05, 0.1) is 22.2 Å². The van der Waals surface area contributed by atoms with Crippen molar-refractivity contribution in [3.63, 3.8) is 0 Å². The van der Waals surface area contributed by atoms with E-state index in [0.29, 0.717) is 5.56 Å². The largest absolute Gasteiger partial charge is 0.464 e. The number of hydrazone groups is 1. The standard InChI is InChI=1S/C20H15FN2OS/c21-15-8-3-1-6-13(15)20-23-17(14-7-2-4-9-18(14)24-20)12-16(22-23)19-10-5-11-25-19/h1-11,17,20H,12H2. The van der Waals surface area contributed by atoms with Crippen molar-refractivity contribution in [2.24, 2.45) is 5.10 Å². The number of fused-ring (bicyclic) bond motifs is 3. The van der Waals surface area contributed by atoms with E-state index in [4.69, 9.17) is 9.84 Å². The van der Waals surface area contributed by atoms with E-state index in [-0.39, 0.29) is 11.9 Å². The minimum absolute atomic E-state index is 0.0617. The Bertz CT molecular complexity index is 954. The quantitative estimate of drug-likeness (QED) is 0.640. The summed E-state index contributed by atoms with van der Waals surface area (Å²) in [6.07, 6.45) is 0.241. The van der Waals surface area contributed by atoms with Crippen LogP contribution in [0.4, 0.5) is 4.39 Å². The molecule has 0 fully saturated rings. The molecule has 25 heavy (non-hydrogen) atoms. The van der Waals surface area contributed by atoms with Gasteiger partial charge in [-0.2, -0.15) is 5.10 Å². The summed E-state index contributed by atoms with van der Waals surface area (Å²) in [6.45, 7) is 0. The van der Waals surface area contributed by atoms with Crippen molar-refractivity contribution in [2.75, 3.05) is 0 Å². The molecule has 5 rings (SSSR count). The molecule has 2 aliphatic heterocycles. The van der Waals surface area contributed by atoms with Crippen molar-refractivity contribution in [3.8, 4) is 5.75 Å². The summed E-state index contributed by atoms with van der Waals surface area (Å²) >= 11 is 1.67. The van der Waals surface area contributed by atoms with E-state index >= 15 is 0 Å². The van der Waals surface area contributed by atoms with Crippen LogP contribution in [0, 0.1) is 5.82 Å². The fraction of sp³-hybridized carbons (Fsp3) is 0.150. The van der Waals surface area contributed by atoms with Crippen LogP contribution in [-0.4, -0.2) is 10.7 Å². The van der Waals surface area contributed by atoms with E-state index in [1.807, 2.05) is 40.7 Å².